The summed E-state index contributed by atoms with van der Waals surface area (Å²) in [5, 5.41) is 39.7. The minimum atomic E-state index is -4.79. The molecule has 1 aliphatic carbocycles. The van der Waals surface area contributed by atoms with Gasteiger partial charge in [0.2, 0.25) is 5.92 Å². The van der Waals surface area contributed by atoms with Gasteiger partial charge in [0, 0.05) is 42.7 Å². The van der Waals surface area contributed by atoms with Gasteiger partial charge in [0.05, 0.1) is 47.1 Å². The molecule has 1 aromatic carbocycles. The summed E-state index contributed by atoms with van der Waals surface area (Å²) in [6, 6.07) is 1.09. The molecule has 17 heteroatoms. The normalized spacial score (nSPS) is 27.8. The van der Waals surface area contributed by atoms with E-state index in [1.807, 2.05) is 0 Å². The van der Waals surface area contributed by atoms with Crippen LogP contribution < -0.4 is 0 Å². The molecule has 6 atom stereocenters. The summed E-state index contributed by atoms with van der Waals surface area (Å²) in [6.07, 6.45) is -7.52. The van der Waals surface area contributed by atoms with Crippen molar-refractivity contribution in [2.24, 2.45) is 0 Å². The van der Waals surface area contributed by atoms with Crippen LogP contribution in [0.4, 0.5) is 35.1 Å². The quantitative estimate of drug-likeness (QED) is 0.156. The predicted octanol–water partition coefficient (Wildman–Crippen LogP) is 5.06. The van der Waals surface area contributed by atoms with Crippen molar-refractivity contribution < 1.29 is 55.2 Å². The Morgan fingerprint density at radius 1 is 1.11 bits per heavy atom. The molecule has 0 radical (unpaired) electrons. The Morgan fingerprint density at radius 2 is 1.74 bits per heavy atom. The molecule has 1 saturated carbocycles. The van der Waals surface area contributed by atoms with Crippen molar-refractivity contribution in [2.75, 3.05) is 19.5 Å². The van der Waals surface area contributed by atoms with E-state index in [0.717, 1.165) is 16.9 Å². The number of alkyl halides is 5. The van der Waals surface area contributed by atoms with Crippen LogP contribution in [-0.4, -0.2) is 83.7 Å². The average molecular weight is 685 g/mol. The van der Waals surface area contributed by atoms with E-state index in [4.69, 9.17) is 4.74 Å². The van der Waals surface area contributed by atoms with E-state index in [0.29, 0.717) is 12.1 Å². The fourth-order valence-corrected chi connectivity index (χ4v) is 10.5. The van der Waals surface area contributed by atoms with Gasteiger partial charge in [0.15, 0.2) is 17.5 Å². The van der Waals surface area contributed by atoms with Crippen LogP contribution in [0.3, 0.4) is 0 Å². The van der Waals surface area contributed by atoms with Gasteiger partial charge in [0.25, 0.3) is 0 Å². The molecule has 3 N–H and O–H groups in total. The van der Waals surface area contributed by atoms with Gasteiger partial charge in [-0.25, -0.2) is 37.5 Å². The van der Waals surface area contributed by atoms with Crippen molar-refractivity contribution in [3.63, 3.8) is 0 Å². The van der Waals surface area contributed by atoms with Crippen molar-refractivity contribution in [3.05, 3.63) is 64.9 Å². The number of aromatic nitrogens is 4. The molecule has 1 saturated heterocycles. The monoisotopic (exact) mass is 684 g/mol. The predicted molar refractivity (Wildman–Crippen MR) is 151 cm³/mol. The lowest BCUT2D eigenvalue weighted by Gasteiger charge is -2.53. The first kappa shape index (κ1) is 34.5. The van der Waals surface area contributed by atoms with E-state index in [-0.39, 0.29) is 28.3 Å². The van der Waals surface area contributed by atoms with E-state index in [1.165, 1.54) is 20.2 Å². The Kier molecular flexibility index (Phi) is 9.47. The third-order valence-electron chi connectivity index (χ3n) is 9.02. The molecule has 46 heavy (non-hydrogen) atoms. The van der Waals surface area contributed by atoms with Gasteiger partial charge >= 0.3 is 6.18 Å². The maximum Gasteiger partial charge on any atom is 0.416 e. The lowest BCUT2D eigenvalue weighted by Crippen LogP contribution is -2.54. The summed E-state index contributed by atoms with van der Waals surface area (Å²) >= 11 is 0. The molecule has 2 aliphatic rings. The number of nitrogens with zero attached hydrogens (tertiary/aromatic N) is 4. The van der Waals surface area contributed by atoms with Crippen LogP contribution in [0.25, 0.3) is 11.3 Å². The summed E-state index contributed by atoms with van der Waals surface area (Å²) < 4.78 is 118. The molecule has 0 spiro atoms. The second-order valence-electron chi connectivity index (χ2n) is 11.8. The molecule has 3 aromatic rings. The Morgan fingerprint density at radius 3 is 2.30 bits per heavy atom. The van der Waals surface area contributed by atoms with E-state index in [9.17, 15) is 50.4 Å². The molecule has 0 bridgehead atoms. The zero-order chi connectivity index (χ0) is 33.8. The van der Waals surface area contributed by atoms with Crippen LogP contribution in [0.5, 0.6) is 0 Å². The first-order valence-electron chi connectivity index (χ1n) is 14.3. The molecule has 1 aliphatic heterocycles. The summed E-state index contributed by atoms with van der Waals surface area (Å²) in [5.41, 5.74) is -3.71. The van der Waals surface area contributed by atoms with Gasteiger partial charge in [-0.05, 0) is 43.5 Å². The van der Waals surface area contributed by atoms with Crippen LogP contribution in [0.2, 0.25) is 0 Å². The van der Waals surface area contributed by atoms with E-state index < -0.39 is 113 Å². The largest absolute Gasteiger partial charge is 0.416 e. The summed E-state index contributed by atoms with van der Waals surface area (Å²) in [6.45, 7) is 0.466. The van der Waals surface area contributed by atoms with Crippen molar-refractivity contribution in [2.45, 2.75) is 79.1 Å². The molecule has 5 rings (SSSR count). The van der Waals surface area contributed by atoms with Gasteiger partial charge < -0.3 is 20.1 Å². The standard InChI is InChI=1S/C29H32F8N4O4S/c1-14-16(29(35,36)37)3-8-38-23(14)26(27(44)4-6-28(33,34)7-5-27)46-13-20(45-2)24(25(43)21(46)12-42)41-11-19(39-40-41)15-9-17(30)22(32)18(31)10-15/h3,8-11,20-21,24-26,42-44,46H,4-7,12-13H2,1-2H3/t20-,21+,24+,25-,26+/m0/s1. The first-order valence-corrected chi connectivity index (χ1v) is 15.9. The number of pyridine rings is 1. The topological polar surface area (TPSA) is 114 Å². The van der Waals surface area contributed by atoms with Crippen LogP contribution in [0.15, 0.2) is 30.6 Å². The zero-order valence-corrected chi connectivity index (χ0v) is 25.4. The molecule has 8 nitrogen and oxygen atoms in total. The number of benzene rings is 1. The van der Waals surface area contributed by atoms with Crippen molar-refractivity contribution in [1.82, 2.24) is 20.0 Å². The number of hydrogen-bond donors (Lipinski definition) is 4. The highest BCUT2D eigenvalue weighted by Crippen LogP contribution is 2.61. The molecule has 2 aromatic heterocycles. The number of aliphatic hydroxyl groups excluding tert-OH is 2. The highest BCUT2D eigenvalue weighted by atomic mass is 32.2. The van der Waals surface area contributed by atoms with Gasteiger partial charge in [0.1, 0.15) is 11.7 Å². The van der Waals surface area contributed by atoms with Gasteiger partial charge in [-0.3, -0.25) is 4.98 Å². The first-order chi connectivity index (χ1) is 21.5. The van der Waals surface area contributed by atoms with Gasteiger partial charge in [-0.1, -0.05) is 5.21 Å². The average Bonchev–Trinajstić information content (AvgIpc) is 3.47. The number of thiol groups is 1. The molecule has 0 amide bonds. The third-order valence-corrected chi connectivity index (χ3v) is 12.5. The fourth-order valence-electron chi connectivity index (χ4n) is 6.58. The minimum Gasteiger partial charge on any atom is -0.395 e. The van der Waals surface area contributed by atoms with Crippen LogP contribution in [0, 0.1) is 24.4 Å². The smallest absolute Gasteiger partial charge is 0.395 e. The molecule has 2 fully saturated rings. The van der Waals surface area contributed by atoms with Gasteiger partial charge in [-0.2, -0.15) is 13.2 Å². The Bertz CT molecular complexity index is 1540. The molecule has 254 valence electrons. The van der Waals surface area contributed by atoms with E-state index in [1.54, 1.807) is 0 Å². The number of rotatable bonds is 7. The maximum atomic E-state index is 14.3. The van der Waals surface area contributed by atoms with E-state index in [2.05, 4.69) is 15.3 Å². The Balaban J connectivity index is 1.57. The molecular formula is C29H32F8N4O4S. The van der Waals surface area contributed by atoms with Crippen LogP contribution in [-0.2, 0) is 10.9 Å². The summed E-state index contributed by atoms with van der Waals surface area (Å²) in [7, 11) is -0.655. The number of ether oxygens (including phenoxy) is 1. The number of hydrogen-bond acceptors (Lipinski definition) is 7. The Labute approximate surface area is 260 Å². The fraction of sp³-hybridized carbons (Fsp3) is 0.552. The van der Waals surface area contributed by atoms with Crippen molar-refractivity contribution >= 4 is 10.9 Å². The van der Waals surface area contributed by atoms with Crippen molar-refractivity contribution in [3.8, 4) is 11.3 Å². The van der Waals surface area contributed by atoms with Crippen LogP contribution in [0.1, 0.15) is 53.8 Å². The summed E-state index contributed by atoms with van der Waals surface area (Å²) in [4.78, 5) is 4.21. The second kappa shape index (κ2) is 12.6. The number of methoxy groups -OCH3 is 1. The second-order valence-corrected chi connectivity index (χ2v) is 14.3. The van der Waals surface area contributed by atoms with E-state index >= 15 is 0 Å². The Hall–Kier alpha value is -2.86. The highest BCUT2D eigenvalue weighted by molar-refractivity contribution is 8.18. The molecule has 1 unspecified atom stereocenters. The maximum absolute atomic E-state index is 14.3. The van der Waals surface area contributed by atoms with Gasteiger partial charge in [-0.15, -0.1) is 5.10 Å². The highest BCUT2D eigenvalue weighted by Gasteiger charge is 2.55. The lowest BCUT2D eigenvalue weighted by molar-refractivity contribution is -0.138. The number of halogens is 8. The SMILES string of the molecule is CO[C@H]1C[SH]([C@H](c2nccc(C(F)(F)F)c2C)C2(O)CCC(F)(F)CC2)[C@H](CO)[C@H](O)[C@@H]1n1cc(-c2cc(F)c(F)c(F)c2)nn1. The number of aliphatic hydroxyl groups is 3. The zero-order valence-electron chi connectivity index (χ0n) is 24.5. The summed E-state index contributed by atoms with van der Waals surface area (Å²) in [5.74, 6) is -7.75. The molecule has 3 heterocycles. The third kappa shape index (κ3) is 6.35. The molecular weight excluding hydrogens is 652 g/mol. The minimum absolute atomic E-state index is 0.0471. The van der Waals surface area contributed by atoms with Crippen LogP contribution >= 0.6 is 10.9 Å². The lowest BCUT2D eigenvalue weighted by atomic mass is 9.78. The van der Waals surface area contributed by atoms with Crippen molar-refractivity contribution in [1.29, 1.82) is 0 Å².